The van der Waals surface area contributed by atoms with Crippen molar-refractivity contribution in [3.8, 4) is 0 Å². The summed E-state index contributed by atoms with van der Waals surface area (Å²) in [6, 6.07) is -1.69. The summed E-state index contributed by atoms with van der Waals surface area (Å²) < 4.78 is 0. The molecule has 0 aromatic heterocycles. The van der Waals surface area contributed by atoms with E-state index < -0.39 is 46.5 Å². The van der Waals surface area contributed by atoms with Crippen LogP contribution in [0.5, 0.6) is 0 Å². The second-order valence-corrected chi connectivity index (χ2v) is 8.38. The molecule has 2 N–H and O–H groups in total. The van der Waals surface area contributed by atoms with Gasteiger partial charge in [-0.15, -0.1) is 0 Å². The molecule has 34 heavy (non-hydrogen) atoms. The molecular formula is C22H34N4Na2O6. The minimum Gasteiger partial charge on any atom is -0.861 e. The summed E-state index contributed by atoms with van der Waals surface area (Å²) in [6.07, 6.45) is 4.04. The molecule has 2 rings (SSSR count). The molecule has 2 aliphatic heterocycles. The fraction of sp³-hybridized carbons (Fsp3) is 0.727. The van der Waals surface area contributed by atoms with Crippen molar-refractivity contribution in [2.75, 3.05) is 0 Å². The van der Waals surface area contributed by atoms with E-state index in [1.807, 2.05) is 27.7 Å². The van der Waals surface area contributed by atoms with Crippen molar-refractivity contribution in [1.82, 2.24) is 10.6 Å². The molecule has 4 unspecified atom stereocenters. The second kappa shape index (κ2) is 15.4. The average molecular weight is 497 g/mol. The number of carbonyl (C=O) groups excluding carboxylic acids is 4. The molecule has 0 aliphatic carbocycles. The van der Waals surface area contributed by atoms with Crippen LogP contribution in [0.1, 0.15) is 80.1 Å². The first-order valence-corrected chi connectivity index (χ1v) is 11.2. The number of amides is 6. The number of hydrogen-bond donors (Lipinski definition) is 2. The van der Waals surface area contributed by atoms with Gasteiger partial charge in [0.1, 0.15) is 0 Å². The van der Waals surface area contributed by atoms with Crippen molar-refractivity contribution in [3.05, 3.63) is 0 Å². The molecule has 0 spiro atoms. The molecule has 2 heterocycles. The molecule has 4 atom stereocenters. The van der Waals surface area contributed by atoms with Crippen molar-refractivity contribution < 1.29 is 88.5 Å². The van der Waals surface area contributed by atoms with E-state index in [0.29, 0.717) is 12.8 Å². The van der Waals surface area contributed by atoms with Crippen molar-refractivity contribution in [1.29, 1.82) is 0 Å². The van der Waals surface area contributed by atoms with Crippen LogP contribution in [0, 0.1) is 22.7 Å². The first-order valence-electron chi connectivity index (χ1n) is 11.2. The van der Waals surface area contributed by atoms with E-state index in [-0.39, 0.29) is 71.0 Å². The summed E-state index contributed by atoms with van der Waals surface area (Å²) in [4.78, 5) is 52.3. The van der Waals surface area contributed by atoms with Gasteiger partial charge >= 0.3 is 71.2 Å². The Balaban J connectivity index is 0. The quantitative estimate of drug-likeness (QED) is 0.323. The van der Waals surface area contributed by atoms with E-state index in [1.54, 1.807) is 13.8 Å². The summed E-state index contributed by atoms with van der Waals surface area (Å²) in [7, 11) is 0. The van der Waals surface area contributed by atoms with Gasteiger partial charge in [-0.1, -0.05) is 54.4 Å². The third-order valence-electron chi connectivity index (χ3n) is 6.66. The molecule has 0 saturated carbocycles. The Kier molecular flexibility index (Phi) is 16.0. The number of aliphatic imine (C=N–C) groups is 2. The van der Waals surface area contributed by atoms with Crippen LogP contribution >= 0.6 is 0 Å². The molecule has 180 valence electrons. The fourth-order valence-electron chi connectivity index (χ4n) is 4.60. The first kappa shape index (κ1) is 35.4. The largest absolute Gasteiger partial charge is 1.00 e. The predicted molar refractivity (Wildman–Crippen MR) is 116 cm³/mol. The summed E-state index contributed by atoms with van der Waals surface area (Å²) >= 11 is 0. The van der Waals surface area contributed by atoms with Crippen LogP contribution in [0.15, 0.2) is 9.98 Å². The molecule has 0 radical (unpaired) electrons. The normalized spacial score (nSPS) is 25.7. The van der Waals surface area contributed by atoms with E-state index in [9.17, 15) is 29.4 Å². The maximum Gasteiger partial charge on any atom is 1.00 e. The van der Waals surface area contributed by atoms with Gasteiger partial charge in [0.25, 0.3) is 0 Å². The van der Waals surface area contributed by atoms with Crippen molar-refractivity contribution in [3.63, 3.8) is 0 Å². The zero-order chi connectivity index (χ0) is 24.7. The molecule has 0 saturated heterocycles. The van der Waals surface area contributed by atoms with Crippen molar-refractivity contribution >= 4 is 35.7 Å². The molecule has 6 amide bonds. The molecule has 12 heteroatoms. The molecule has 10 nitrogen and oxygen atoms in total. The van der Waals surface area contributed by atoms with Crippen molar-refractivity contribution in [2.24, 2.45) is 32.7 Å². The van der Waals surface area contributed by atoms with Crippen LogP contribution in [0.4, 0.5) is 9.59 Å². The zero-order valence-electron chi connectivity index (χ0n) is 21.7. The van der Waals surface area contributed by atoms with E-state index in [4.69, 9.17) is 0 Å². The van der Waals surface area contributed by atoms with Gasteiger partial charge in [-0.05, 0) is 49.3 Å². The smallest absolute Gasteiger partial charge is 0.861 e. The SMILES string of the molecule is CCCC(C)C1(CC)C(=O)NC(=O)N=C1[O-].CCCC(C)C1(CC)C(=O)NC(=O)N=C1[O-].[Na+].[Na+]. The second-order valence-electron chi connectivity index (χ2n) is 8.38. The maximum atomic E-state index is 11.9. The number of rotatable bonds is 8. The topological polar surface area (TPSA) is 163 Å². The Morgan fingerprint density at radius 3 is 1.21 bits per heavy atom. The number of imide groups is 2. The van der Waals surface area contributed by atoms with Gasteiger partial charge in [0.2, 0.25) is 11.8 Å². The van der Waals surface area contributed by atoms with Gasteiger partial charge in [-0.3, -0.25) is 20.2 Å². The van der Waals surface area contributed by atoms with Gasteiger partial charge in [-0.2, -0.15) is 0 Å². The molecular weight excluding hydrogens is 462 g/mol. The van der Waals surface area contributed by atoms with Crippen LogP contribution in [-0.4, -0.2) is 35.7 Å². The van der Waals surface area contributed by atoms with Crippen LogP contribution < -0.4 is 80.0 Å². The van der Waals surface area contributed by atoms with Crippen LogP contribution in [-0.2, 0) is 9.59 Å². The average Bonchev–Trinajstić information content (AvgIpc) is 2.69. The minimum atomic E-state index is -1.15. The van der Waals surface area contributed by atoms with Crippen molar-refractivity contribution in [2.45, 2.75) is 80.1 Å². The minimum absolute atomic E-state index is 0. The number of nitrogens with zero attached hydrogens (tertiary/aromatic N) is 2. The van der Waals surface area contributed by atoms with E-state index in [2.05, 4.69) is 20.6 Å². The van der Waals surface area contributed by atoms with Gasteiger partial charge < -0.3 is 10.2 Å². The Hall–Kier alpha value is -0.780. The van der Waals surface area contributed by atoms with Crippen LogP contribution in [0.3, 0.4) is 0 Å². The van der Waals surface area contributed by atoms with Gasteiger partial charge in [-0.25, -0.2) is 19.6 Å². The molecule has 0 fully saturated rings. The molecule has 2 aliphatic rings. The van der Waals surface area contributed by atoms with Gasteiger partial charge in [0.15, 0.2) is 0 Å². The summed E-state index contributed by atoms with van der Waals surface area (Å²) in [5.74, 6) is -2.39. The molecule has 0 aromatic carbocycles. The first-order chi connectivity index (χ1) is 15.0. The monoisotopic (exact) mass is 496 g/mol. The Bertz CT molecular complexity index is 753. The summed E-state index contributed by atoms with van der Waals surface area (Å²) in [5, 5.41) is 27.9. The number of carbonyl (C=O) groups is 4. The summed E-state index contributed by atoms with van der Waals surface area (Å²) in [5.41, 5.74) is -2.30. The zero-order valence-corrected chi connectivity index (χ0v) is 25.7. The van der Waals surface area contributed by atoms with Crippen LogP contribution in [0.2, 0.25) is 0 Å². The van der Waals surface area contributed by atoms with Gasteiger partial charge in [0, 0.05) is 0 Å². The summed E-state index contributed by atoms with van der Waals surface area (Å²) in [6.45, 7) is 11.2. The standard InChI is InChI=1S/2C11H18N2O3.2Na/c2*1-4-6-7(3)11(5-2)8(14)12-10(16)13-9(11)15;;/h2*7H,4-6H2,1-3H3,(H2,12,13,14,15,16);;/q;;2*+1/p-2. The molecule has 0 bridgehead atoms. The third-order valence-corrected chi connectivity index (χ3v) is 6.66. The number of urea groups is 2. The van der Waals surface area contributed by atoms with E-state index in [1.165, 1.54) is 0 Å². The third kappa shape index (κ3) is 7.13. The molecule has 0 aromatic rings. The Morgan fingerprint density at radius 2 is 1.00 bits per heavy atom. The fourth-order valence-corrected chi connectivity index (χ4v) is 4.60. The van der Waals surface area contributed by atoms with E-state index in [0.717, 1.165) is 25.7 Å². The predicted octanol–water partition coefficient (Wildman–Crippen LogP) is -4.34. The Labute approximate surface area is 245 Å². The van der Waals surface area contributed by atoms with E-state index >= 15 is 0 Å². The number of nitrogens with one attached hydrogen (secondary N) is 2. The van der Waals surface area contributed by atoms with Crippen LogP contribution in [0.25, 0.3) is 0 Å². The maximum absolute atomic E-state index is 11.9. The van der Waals surface area contributed by atoms with Gasteiger partial charge in [0.05, 0.1) is 10.8 Å². The number of hydrogen-bond acceptors (Lipinski definition) is 6. The Morgan fingerprint density at radius 1 is 0.706 bits per heavy atom.